The second-order valence-corrected chi connectivity index (χ2v) is 8.40. The molecule has 0 fully saturated rings. The molecule has 3 rings (SSSR count). The topological polar surface area (TPSA) is 110 Å². The molecule has 2 aromatic carbocycles. The minimum Gasteiger partial charge on any atom is -0.497 e. The zero-order valence-electron chi connectivity index (χ0n) is 20.8. The average molecular weight is 534 g/mol. The Labute approximate surface area is 216 Å². The van der Waals surface area contributed by atoms with Crippen molar-refractivity contribution in [3.05, 3.63) is 72.2 Å². The molecular formula is C26H26F3N3O6. The van der Waals surface area contributed by atoms with Gasteiger partial charge in [-0.15, -0.1) is 0 Å². The van der Waals surface area contributed by atoms with Crippen LogP contribution in [0.2, 0.25) is 0 Å². The van der Waals surface area contributed by atoms with E-state index in [-0.39, 0.29) is 6.04 Å². The predicted octanol–water partition coefficient (Wildman–Crippen LogP) is 4.70. The highest BCUT2D eigenvalue weighted by molar-refractivity contribution is 5.99. The number of halogens is 3. The number of ether oxygens (including phenoxy) is 2. The van der Waals surface area contributed by atoms with E-state index >= 15 is 0 Å². The summed E-state index contributed by atoms with van der Waals surface area (Å²) in [5, 5.41) is 5.15. The van der Waals surface area contributed by atoms with E-state index in [9.17, 15) is 27.6 Å². The van der Waals surface area contributed by atoms with Crippen LogP contribution in [0.15, 0.2) is 65.1 Å². The Hall–Kier alpha value is -4.48. The highest BCUT2D eigenvalue weighted by Gasteiger charge is 2.36. The summed E-state index contributed by atoms with van der Waals surface area (Å²) in [7, 11) is 1.55. The Balaban J connectivity index is 1.67. The molecule has 202 valence electrons. The number of carbonyl (C=O) groups excluding carboxylic acids is 3. The standard InChI is InChI=1S/C26H26F3N3O6/c1-16(2)30-23(33)14-32(25(35)21-12-13-22(38-21)26(27,28)29)15-24(34)31-17-4-6-19(7-5-17)37-20-10-8-18(36-3)9-11-20/h4-13,16H,14-15H2,1-3H3,(H,30,33)(H,31,34). The molecule has 0 unspecified atom stereocenters. The van der Waals surface area contributed by atoms with Crippen molar-refractivity contribution in [3.63, 3.8) is 0 Å². The van der Waals surface area contributed by atoms with Crippen molar-refractivity contribution in [3.8, 4) is 17.2 Å². The third-order valence-corrected chi connectivity index (χ3v) is 4.94. The molecule has 0 saturated heterocycles. The summed E-state index contributed by atoms with van der Waals surface area (Å²) in [6.45, 7) is 2.21. The van der Waals surface area contributed by atoms with Crippen molar-refractivity contribution in [1.82, 2.24) is 10.2 Å². The van der Waals surface area contributed by atoms with Gasteiger partial charge in [-0.2, -0.15) is 13.2 Å². The predicted molar refractivity (Wildman–Crippen MR) is 131 cm³/mol. The van der Waals surface area contributed by atoms with Crippen molar-refractivity contribution >= 4 is 23.4 Å². The van der Waals surface area contributed by atoms with Crippen LogP contribution in [-0.4, -0.2) is 48.9 Å². The van der Waals surface area contributed by atoms with Gasteiger partial charge in [-0.25, -0.2) is 0 Å². The number of anilines is 1. The highest BCUT2D eigenvalue weighted by Crippen LogP contribution is 2.31. The summed E-state index contributed by atoms with van der Waals surface area (Å²) < 4.78 is 54.1. The van der Waals surface area contributed by atoms with Crippen LogP contribution in [0.3, 0.4) is 0 Å². The van der Waals surface area contributed by atoms with Crippen LogP contribution in [0.1, 0.15) is 30.2 Å². The van der Waals surface area contributed by atoms with Gasteiger partial charge in [0.25, 0.3) is 5.91 Å². The van der Waals surface area contributed by atoms with E-state index in [1.165, 1.54) is 0 Å². The summed E-state index contributed by atoms with van der Waals surface area (Å²) >= 11 is 0. The van der Waals surface area contributed by atoms with E-state index < -0.39 is 48.5 Å². The molecule has 0 atom stereocenters. The maximum atomic E-state index is 12.9. The first kappa shape index (κ1) is 28.1. The summed E-state index contributed by atoms with van der Waals surface area (Å²) in [5.41, 5.74) is 0.369. The van der Waals surface area contributed by atoms with Crippen LogP contribution in [0.5, 0.6) is 17.2 Å². The number of furan rings is 1. The SMILES string of the molecule is COc1ccc(Oc2ccc(NC(=O)CN(CC(=O)NC(C)C)C(=O)c3ccc(C(F)(F)F)o3)cc2)cc1. The third-order valence-electron chi connectivity index (χ3n) is 4.94. The summed E-state index contributed by atoms with van der Waals surface area (Å²) in [4.78, 5) is 38.6. The number of alkyl halides is 3. The summed E-state index contributed by atoms with van der Waals surface area (Å²) in [6, 6.07) is 14.5. The van der Waals surface area contributed by atoms with Crippen molar-refractivity contribution in [2.24, 2.45) is 0 Å². The van der Waals surface area contributed by atoms with Gasteiger partial charge in [0.1, 0.15) is 30.3 Å². The molecule has 0 saturated carbocycles. The molecule has 0 aliphatic carbocycles. The van der Waals surface area contributed by atoms with Crippen LogP contribution in [-0.2, 0) is 15.8 Å². The zero-order valence-corrected chi connectivity index (χ0v) is 20.8. The number of benzene rings is 2. The van der Waals surface area contributed by atoms with Gasteiger partial charge in [0.15, 0.2) is 5.76 Å². The number of carbonyl (C=O) groups is 3. The number of amides is 3. The fourth-order valence-corrected chi connectivity index (χ4v) is 3.26. The van der Waals surface area contributed by atoms with Gasteiger partial charge in [-0.3, -0.25) is 14.4 Å². The van der Waals surface area contributed by atoms with Gasteiger partial charge in [0, 0.05) is 11.7 Å². The smallest absolute Gasteiger partial charge is 0.449 e. The first-order chi connectivity index (χ1) is 17.9. The van der Waals surface area contributed by atoms with Crippen LogP contribution in [0.4, 0.5) is 18.9 Å². The molecule has 0 aliphatic heterocycles. The Kier molecular flexibility index (Phi) is 9.00. The second-order valence-electron chi connectivity index (χ2n) is 8.40. The van der Waals surface area contributed by atoms with E-state index in [0.717, 1.165) is 11.0 Å². The van der Waals surface area contributed by atoms with Crippen LogP contribution in [0, 0.1) is 0 Å². The van der Waals surface area contributed by atoms with Crippen molar-refractivity contribution < 1.29 is 41.4 Å². The Morgan fingerprint density at radius 2 is 1.42 bits per heavy atom. The Morgan fingerprint density at radius 1 is 0.868 bits per heavy atom. The Morgan fingerprint density at radius 3 is 1.95 bits per heavy atom. The molecule has 0 spiro atoms. The fraction of sp³-hybridized carbons (Fsp3) is 0.269. The van der Waals surface area contributed by atoms with Gasteiger partial charge in [-0.1, -0.05) is 0 Å². The van der Waals surface area contributed by atoms with Gasteiger partial charge in [0.05, 0.1) is 7.11 Å². The molecule has 9 nitrogen and oxygen atoms in total. The van der Waals surface area contributed by atoms with E-state index in [0.29, 0.717) is 29.0 Å². The molecule has 0 radical (unpaired) electrons. The number of hydrogen-bond acceptors (Lipinski definition) is 6. The quantitative estimate of drug-likeness (QED) is 0.391. The third kappa shape index (κ3) is 8.02. The monoisotopic (exact) mass is 533 g/mol. The van der Waals surface area contributed by atoms with Crippen molar-refractivity contribution in [2.45, 2.75) is 26.1 Å². The molecule has 3 aromatic rings. The lowest BCUT2D eigenvalue weighted by Crippen LogP contribution is -2.45. The molecule has 12 heteroatoms. The molecule has 38 heavy (non-hydrogen) atoms. The molecule has 3 amide bonds. The lowest BCUT2D eigenvalue weighted by atomic mass is 10.3. The largest absolute Gasteiger partial charge is 0.497 e. The first-order valence-electron chi connectivity index (χ1n) is 11.4. The maximum absolute atomic E-state index is 12.9. The number of nitrogens with one attached hydrogen (secondary N) is 2. The van der Waals surface area contributed by atoms with E-state index in [1.54, 1.807) is 69.5 Å². The van der Waals surface area contributed by atoms with Gasteiger partial charge < -0.3 is 29.4 Å². The highest BCUT2D eigenvalue weighted by atomic mass is 19.4. The minimum atomic E-state index is -4.79. The minimum absolute atomic E-state index is 0.257. The lowest BCUT2D eigenvalue weighted by Gasteiger charge is -2.21. The maximum Gasteiger partial charge on any atom is 0.449 e. The molecular weight excluding hydrogens is 507 g/mol. The van der Waals surface area contributed by atoms with Crippen LogP contribution >= 0.6 is 0 Å². The number of methoxy groups -OCH3 is 1. The molecule has 1 aromatic heterocycles. The molecule has 0 aliphatic rings. The van der Waals surface area contributed by atoms with Crippen molar-refractivity contribution in [2.75, 3.05) is 25.5 Å². The second kappa shape index (κ2) is 12.2. The fourth-order valence-electron chi connectivity index (χ4n) is 3.26. The Bertz CT molecular complexity index is 1250. The van der Waals surface area contributed by atoms with Crippen LogP contribution in [0.25, 0.3) is 0 Å². The van der Waals surface area contributed by atoms with Gasteiger partial charge in [0.2, 0.25) is 17.6 Å². The number of rotatable bonds is 10. The van der Waals surface area contributed by atoms with E-state index in [1.807, 2.05) is 0 Å². The molecule has 2 N–H and O–H groups in total. The summed E-state index contributed by atoms with van der Waals surface area (Å²) in [5.74, 6) is -2.59. The van der Waals surface area contributed by atoms with E-state index in [4.69, 9.17) is 9.47 Å². The molecule has 0 bridgehead atoms. The normalized spacial score (nSPS) is 11.1. The average Bonchev–Trinajstić information content (AvgIpc) is 3.35. The number of nitrogens with zero attached hydrogens (tertiary/aromatic N) is 1. The first-order valence-corrected chi connectivity index (χ1v) is 11.4. The van der Waals surface area contributed by atoms with Gasteiger partial charge in [-0.05, 0) is 74.5 Å². The number of hydrogen-bond donors (Lipinski definition) is 2. The summed E-state index contributed by atoms with van der Waals surface area (Å²) in [6.07, 6.45) is -4.79. The zero-order chi connectivity index (χ0) is 27.9. The van der Waals surface area contributed by atoms with Crippen molar-refractivity contribution in [1.29, 1.82) is 0 Å². The lowest BCUT2D eigenvalue weighted by molar-refractivity contribution is -0.153. The molecule has 1 heterocycles. The van der Waals surface area contributed by atoms with E-state index in [2.05, 4.69) is 15.1 Å². The van der Waals surface area contributed by atoms with Crippen LogP contribution < -0.4 is 20.1 Å². The van der Waals surface area contributed by atoms with Gasteiger partial charge >= 0.3 is 6.18 Å².